The molecule has 3 aromatic rings. The molecule has 0 saturated carbocycles. The molecule has 0 fully saturated rings. The van der Waals surface area contributed by atoms with Gasteiger partial charge in [-0.3, -0.25) is 9.59 Å². The van der Waals surface area contributed by atoms with Crippen molar-refractivity contribution in [3.05, 3.63) is 53.5 Å². The Morgan fingerprint density at radius 2 is 2.08 bits per heavy atom. The third kappa shape index (κ3) is 2.69. The van der Waals surface area contributed by atoms with Crippen LogP contribution >= 0.6 is 0 Å². The number of furan rings is 1. The summed E-state index contributed by atoms with van der Waals surface area (Å²) in [5.41, 5.74) is 1.95. The Bertz CT molecular complexity index is 1030. The molecule has 0 spiro atoms. The Morgan fingerprint density at radius 1 is 1.24 bits per heavy atom. The number of benzene rings is 2. The summed E-state index contributed by atoms with van der Waals surface area (Å²) >= 11 is 0. The average Bonchev–Trinajstić information content (AvgIpc) is 2.91. The fourth-order valence-electron chi connectivity index (χ4n) is 2.76. The Labute approximate surface area is 141 Å². The number of carbonyl (C=O) groups excluding carboxylic acids is 2. The van der Waals surface area contributed by atoms with E-state index < -0.39 is 11.7 Å². The first-order valence-electron chi connectivity index (χ1n) is 7.58. The normalized spacial score (nSPS) is 13.1. The highest BCUT2D eigenvalue weighted by molar-refractivity contribution is 6.07. The van der Waals surface area contributed by atoms with E-state index in [9.17, 15) is 14.0 Å². The van der Waals surface area contributed by atoms with Gasteiger partial charge in [-0.15, -0.1) is 0 Å². The van der Waals surface area contributed by atoms with Crippen LogP contribution in [0.25, 0.3) is 11.0 Å². The van der Waals surface area contributed by atoms with E-state index in [0.717, 1.165) is 0 Å². The number of hydrogen-bond acceptors (Lipinski definition) is 4. The van der Waals surface area contributed by atoms with Crippen LogP contribution in [-0.2, 0) is 4.79 Å². The first-order chi connectivity index (χ1) is 12.0. The van der Waals surface area contributed by atoms with E-state index in [2.05, 4.69) is 10.6 Å². The van der Waals surface area contributed by atoms with Crippen LogP contribution in [-0.4, -0.2) is 18.4 Å². The third-order valence-electron chi connectivity index (χ3n) is 3.97. The van der Waals surface area contributed by atoms with E-state index >= 15 is 0 Å². The molecule has 0 aliphatic carbocycles. The summed E-state index contributed by atoms with van der Waals surface area (Å²) < 4.78 is 24.2. The number of rotatable bonds is 2. The summed E-state index contributed by atoms with van der Waals surface area (Å²) in [6.45, 7) is 1.66. The molecule has 4 rings (SSSR count). The maximum atomic E-state index is 13.4. The van der Waals surface area contributed by atoms with Gasteiger partial charge < -0.3 is 19.8 Å². The van der Waals surface area contributed by atoms with Crippen LogP contribution in [0.4, 0.5) is 15.8 Å². The lowest BCUT2D eigenvalue weighted by Crippen LogP contribution is -2.25. The second kappa shape index (κ2) is 5.62. The quantitative estimate of drug-likeness (QED) is 0.749. The van der Waals surface area contributed by atoms with E-state index in [1.807, 2.05) is 0 Å². The van der Waals surface area contributed by atoms with Crippen molar-refractivity contribution in [2.75, 3.05) is 17.2 Å². The van der Waals surface area contributed by atoms with Crippen molar-refractivity contribution in [2.45, 2.75) is 6.92 Å². The number of fused-ring (bicyclic) bond motifs is 2. The lowest BCUT2D eigenvalue weighted by Gasteiger charge is -2.18. The zero-order valence-corrected chi connectivity index (χ0v) is 13.2. The maximum absolute atomic E-state index is 13.4. The summed E-state index contributed by atoms with van der Waals surface area (Å²) in [6.07, 6.45) is 0. The minimum absolute atomic E-state index is 0.0343. The van der Waals surface area contributed by atoms with Gasteiger partial charge in [0.05, 0.1) is 5.69 Å². The van der Waals surface area contributed by atoms with Crippen molar-refractivity contribution in [1.29, 1.82) is 0 Å². The van der Waals surface area contributed by atoms with Gasteiger partial charge >= 0.3 is 0 Å². The van der Waals surface area contributed by atoms with Crippen LogP contribution in [0.15, 0.2) is 40.8 Å². The monoisotopic (exact) mass is 340 g/mol. The molecule has 0 saturated heterocycles. The van der Waals surface area contributed by atoms with Gasteiger partial charge in [-0.1, -0.05) is 0 Å². The second-order valence-corrected chi connectivity index (χ2v) is 5.70. The van der Waals surface area contributed by atoms with Gasteiger partial charge in [0, 0.05) is 16.6 Å². The first kappa shape index (κ1) is 15.2. The van der Waals surface area contributed by atoms with Crippen LogP contribution in [0.3, 0.4) is 0 Å². The molecule has 2 heterocycles. The third-order valence-corrected chi connectivity index (χ3v) is 3.97. The van der Waals surface area contributed by atoms with Crippen molar-refractivity contribution in [2.24, 2.45) is 0 Å². The summed E-state index contributed by atoms with van der Waals surface area (Å²) in [5, 5.41) is 5.93. The van der Waals surface area contributed by atoms with Crippen molar-refractivity contribution in [3.8, 4) is 5.75 Å². The molecule has 2 amide bonds. The fourth-order valence-corrected chi connectivity index (χ4v) is 2.76. The number of hydrogen-bond donors (Lipinski definition) is 2. The Hall–Kier alpha value is -3.35. The number of carbonyl (C=O) groups is 2. The molecule has 1 aliphatic heterocycles. The minimum atomic E-state index is -0.461. The van der Waals surface area contributed by atoms with E-state index in [4.69, 9.17) is 9.15 Å². The van der Waals surface area contributed by atoms with Gasteiger partial charge in [0.15, 0.2) is 12.4 Å². The maximum Gasteiger partial charge on any atom is 0.291 e. The molecule has 2 aromatic carbocycles. The molecule has 25 heavy (non-hydrogen) atoms. The van der Waals surface area contributed by atoms with Crippen LogP contribution in [0.1, 0.15) is 16.1 Å². The number of halogens is 1. The highest BCUT2D eigenvalue weighted by Crippen LogP contribution is 2.31. The number of nitrogens with one attached hydrogen (secondary N) is 2. The highest BCUT2D eigenvalue weighted by atomic mass is 19.1. The summed E-state index contributed by atoms with van der Waals surface area (Å²) in [6, 6.07) is 9.01. The van der Waals surface area contributed by atoms with Crippen LogP contribution in [0.5, 0.6) is 5.75 Å². The van der Waals surface area contributed by atoms with Crippen molar-refractivity contribution < 1.29 is 23.1 Å². The lowest BCUT2D eigenvalue weighted by atomic mass is 10.1. The molecule has 0 radical (unpaired) electrons. The van der Waals surface area contributed by atoms with Gasteiger partial charge in [0.2, 0.25) is 0 Å². The van der Waals surface area contributed by atoms with Gasteiger partial charge in [-0.2, -0.15) is 0 Å². The lowest BCUT2D eigenvalue weighted by molar-refractivity contribution is -0.118. The molecular weight excluding hydrogens is 327 g/mol. The van der Waals surface area contributed by atoms with Crippen LogP contribution in [0, 0.1) is 12.7 Å². The predicted octanol–water partition coefficient (Wildman–Crippen LogP) is 3.46. The standard InChI is InChI=1S/C18H13FN2O4/c1-9-12-6-10(19)2-4-14(12)25-17(9)18(23)20-11-3-5-15-13(7-11)21-16(22)8-24-15/h2-7H,8H2,1H3,(H,20,23)(H,21,22). The zero-order valence-electron chi connectivity index (χ0n) is 13.2. The van der Waals surface area contributed by atoms with Gasteiger partial charge in [-0.05, 0) is 43.3 Å². The summed E-state index contributed by atoms with van der Waals surface area (Å²) in [4.78, 5) is 23.9. The van der Waals surface area contributed by atoms with Crippen molar-refractivity contribution in [1.82, 2.24) is 0 Å². The molecule has 6 nitrogen and oxygen atoms in total. The molecule has 0 unspecified atom stereocenters. The highest BCUT2D eigenvalue weighted by Gasteiger charge is 2.20. The van der Waals surface area contributed by atoms with Gasteiger partial charge in [-0.25, -0.2) is 4.39 Å². The molecular formula is C18H13FN2O4. The number of ether oxygens (including phenoxy) is 1. The van der Waals surface area contributed by atoms with Gasteiger partial charge in [0.25, 0.3) is 11.8 Å². The second-order valence-electron chi connectivity index (χ2n) is 5.70. The molecule has 7 heteroatoms. The van der Waals surface area contributed by atoms with E-state index in [0.29, 0.717) is 33.7 Å². The summed E-state index contributed by atoms with van der Waals surface area (Å²) in [7, 11) is 0. The fraction of sp³-hybridized carbons (Fsp3) is 0.111. The first-order valence-corrected chi connectivity index (χ1v) is 7.58. The molecule has 1 aromatic heterocycles. The van der Waals surface area contributed by atoms with E-state index in [1.165, 1.54) is 18.2 Å². The molecule has 0 bridgehead atoms. The smallest absolute Gasteiger partial charge is 0.291 e. The Kier molecular flexibility index (Phi) is 3.42. The SMILES string of the molecule is Cc1c(C(=O)Nc2ccc3c(c2)NC(=O)CO3)oc2ccc(F)cc12. The van der Waals surface area contributed by atoms with E-state index in [-0.39, 0.29) is 18.3 Å². The number of anilines is 2. The molecule has 1 aliphatic rings. The topological polar surface area (TPSA) is 80.6 Å². The number of aryl methyl sites for hydroxylation is 1. The van der Waals surface area contributed by atoms with Gasteiger partial charge in [0.1, 0.15) is 17.1 Å². The molecule has 2 N–H and O–H groups in total. The van der Waals surface area contributed by atoms with Crippen LogP contribution < -0.4 is 15.4 Å². The predicted molar refractivity (Wildman–Crippen MR) is 89.4 cm³/mol. The minimum Gasteiger partial charge on any atom is -0.482 e. The zero-order chi connectivity index (χ0) is 17.6. The largest absolute Gasteiger partial charge is 0.482 e. The van der Waals surface area contributed by atoms with Crippen LogP contribution in [0.2, 0.25) is 0 Å². The average molecular weight is 340 g/mol. The van der Waals surface area contributed by atoms with E-state index in [1.54, 1.807) is 25.1 Å². The molecule has 0 atom stereocenters. The van der Waals surface area contributed by atoms with Crippen molar-refractivity contribution in [3.63, 3.8) is 0 Å². The number of amides is 2. The van der Waals surface area contributed by atoms with Crippen molar-refractivity contribution >= 4 is 34.2 Å². The Balaban J connectivity index is 1.63. The Morgan fingerprint density at radius 3 is 2.92 bits per heavy atom. The molecule has 126 valence electrons. The summed E-state index contributed by atoms with van der Waals surface area (Å²) in [5.74, 6) is -0.469.